The molecule has 1 rings (SSSR count). The molecule has 1 atom stereocenters. The van der Waals surface area contributed by atoms with Gasteiger partial charge in [-0.05, 0) is 5.92 Å². The van der Waals surface area contributed by atoms with E-state index in [-0.39, 0.29) is 11.9 Å². The van der Waals surface area contributed by atoms with Gasteiger partial charge in [-0.2, -0.15) is 0 Å². The van der Waals surface area contributed by atoms with E-state index in [0.717, 1.165) is 13.2 Å². The largest absolute Gasteiger partial charge is 0.378 e. The molecule has 1 amide bonds. The van der Waals surface area contributed by atoms with Gasteiger partial charge >= 0.3 is 0 Å². The van der Waals surface area contributed by atoms with Gasteiger partial charge in [0.1, 0.15) is 0 Å². The Bertz CT molecular complexity index is 191. The van der Waals surface area contributed by atoms with Gasteiger partial charge in [0.05, 0.1) is 19.8 Å². The average molecular weight is 216 g/mol. The highest BCUT2D eigenvalue weighted by molar-refractivity contribution is 5.75. The van der Waals surface area contributed by atoms with Crippen LogP contribution in [-0.4, -0.2) is 38.3 Å². The van der Waals surface area contributed by atoms with Crippen molar-refractivity contribution in [2.24, 2.45) is 5.92 Å². The first-order valence-corrected chi connectivity index (χ1v) is 5.40. The van der Waals surface area contributed by atoms with Crippen LogP contribution in [0.4, 0.5) is 0 Å². The fourth-order valence-electron chi connectivity index (χ4n) is 1.31. The highest BCUT2D eigenvalue weighted by Gasteiger charge is 2.16. The van der Waals surface area contributed by atoms with Crippen molar-refractivity contribution in [2.75, 3.05) is 26.4 Å². The molecule has 1 aliphatic rings. The van der Waals surface area contributed by atoms with Crippen LogP contribution in [-0.2, 0) is 14.4 Å². The molecule has 0 bridgehead atoms. The third kappa shape index (κ3) is 5.71. The van der Waals surface area contributed by atoms with Crippen molar-refractivity contribution < 1.29 is 14.4 Å². The molecule has 0 spiro atoms. The lowest BCUT2D eigenvalue weighted by atomic mass is 10.2. The van der Waals surface area contributed by atoms with Crippen LogP contribution in [0.2, 0.25) is 0 Å². The van der Waals surface area contributed by atoms with E-state index >= 15 is 0 Å². The molecule has 0 saturated carbocycles. The zero-order valence-electron chi connectivity index (χ0n) is 9.41. The van der Waals surface area contributed by atoms with E-state index in [2.05, 4.69) is 10.8 Å². The average Bonchev–Trinajstić information content (AvgIpc) is 2.18. The van der Waals surface area contributed by atoms with Crippen molar-refractivity contribution in [3.05, 3.63) is 0 Å². The van der Waals surface area contributed by atoms with E-state index in [1.54, 1.807) is 0 Å². The van der Waals surface area contributed by atoms with Crippen LogP contribution in [0.25, 0.3) is 0 Å². The molecular weight excluding hydrogens is 196 g/mol. The molecule has 1 unspecified atom stereocenters. The summed E-state index contributed by atoms with van der Waals surface area (Å²) in [6.45, 7) is 6.73. The van der Waals surface area contributed by atoms with E-state index in [1.807, 2.05) is 13.8 Å². The van der Waals surface area contributed by atoms with Crippen molar-refractivity contribution in [1.82, 2.24) is 10.8 Å². The molecule has 1 aliphatic heterocycles. The maximum absolute atomic E-state index is 11.4. The summed E-state index contributed by atoms with van der Waals surface area (Å²) in [5, 5.41) is 3.21. The van der Waals surface area contributed by atoms with Gasteiger partial charge in [0.15, 0.2) is 0 Å². The van der Waals surface area contributed by atoms with E-state index in [4.69, 9.17) is 9.57 Å². The van der Waals surface area contributed by atoms with E-state index in [0.29, 0.717) is 25.6 Å². The highest BCUT2D eigenvalue weighted by Crippen LogP contribution is 1.98. The Hall–Kier alpha value is -0.650. The van der Waals surface area contributed by atoms with Crippen molar-refractivity contribution >= 4 is 5.91 Å². The Morgan fingerprint density at radius 2 is 2.47 bits per heavy atom. The lowest BCUT2D eigenvalue weighted by molar-refractivity contribution is -0.135. The number of hydroxylamine groups is 1. The fraction of sp³-hybridized carbons (Fsp3) is 0.900. The summed E-state index contributed by atoms with van der Waals surface area (Å²) >= 11 is 0. The number of hydrogen-bond acceptors (Lipinski definition) is 4. The number of carbonyl (C=O) groups excluding carboxylic acids is 1. The SMILES string of the molecule is CC(C)CONC(=O)CC1COCCN1. The first kappa shape index (κ1) is 12.4. The number of rotatable bonds is 5. The lowest BCUT2D eigenvalue weighted by Gasteiger charge is -2.23. The molecule has 1 fully saturated rings. The van der Waals surface area contributed by atoms with Crippen molar-refractivity contribution in [3.63, 3.8) is 0 Å². The van der Waals surface area contributed by atoms with Crippen molar-refractivity contribution in [1.29, 1.82) is 0 Å². The van der Waals surface area contributed by atoms with E-state index < -0.39 is 0 Å². The summed E-state index contributed by atoms with van der Waals surface area (Å²) in [5.74, 6) is 0.320. The molecule has 15 heavy (non-hydrogen) atoms. The lowest BCUT2D eigenvalue weighted by Crippen LogP contribution is -2.44. The number of hydrogen-bond donors (Lipinski definition) is 2. The number of ether oxygens (including phenoxy) is 1. The molecule has 1 heterocycles. The first-order valence-electron chi connectivity index (χ1n) is 5.40. The zero-order valence-corrected chi connectivity index (χ0v) is 9.41. The van der Waals surface area contributed by atoms with Crippen molar-refractivity contribution in [3.8, 4) is 0 Å². The fourth-order valence-corrected chi connectivity index (χ4v) is 1.31. The predicted octanol–water partition coefficient (Wildman–Crippen LogP) is 0.0687. The first-order chi connectivity index (χ1) is 7.18. The predicted molar refractivity (Wildman–Crippen MR) is 56.2 cm³/mol. The van der Waals surface area contributed by atoms with Crippen LogP contribution < -0.4 is 10.8 Å². The highest BCUT2D eigenvalue weighted by atomic mass is 16.6. The minimum Gasteiger partial charge on any atom is -0.378 e. The number of carbonyl (C=O) groups is 1. The minimum absolute atomic E-state index is 0.0985. The van der Waals surface area contributed by atoms with Crippen LogP contribution in [0.5, 0.6) is 0 Å². The van der Waals surface area contributed by atoms with Gasteiger partial charge < -0.3 is 10.1 Å². The smallest absolute Gasteiger partial charge is 0.245 e. The molecule has 88 valence electrons. The monoisotopic (exact) mass is 216 g/mol. The summed E-state index contributed by atoms with van der Waals surface area (Å²) < 4.78 is 5.24. The van der Waals surface area contributed by atoms with E-state index in [9.17, 15) is 4.79 Å². The number of morpholine rings is 1. The normalized spacial score (nSPS) is 21.7. The summed E-state index contributed by atoms with van der Waals surface area (Å²) in [6.07, 6.45) is 0.401. The Balaban J connectivity index is 2.06. The maximum atomic E-state index is 11.4. The van der Waals surface area contributed by atoms with Gasteiger partial charge in [-0.3, -0.25) is 9.63 Å². The number of nitrogens with one attached hydrogen (secondary N) is 2. The van der Waals surface area contributed by atoms with Gasteiger partial charge in [-0.15, -0.1) is 0 Å². The topological polar surface area (TPSA) is 59.6 Å². The van der Waals surface area contributed by atoms with Crippen LogP contribution in [0.1, 0.15) is 20.3 Å². The molecular formula is C10H20N2O3. The second-order valence-corrected chi connectivity index (χ2v) is 4.16. The Labute approximate surface area is 90.5 Å². The molecule has 2 N–H and O–H groups in total. The Morgan fingerprint density at radius 3 is 3.07 bits per heavy atom. The quantitative estimate of drug-likeness (QED) is 0.638. The molecule has 0 aromatic rings. The van der Waals surface area contributed by atoms with Gasteiger partial charge in [0.2, 0.25) is 5.91 Å². The Kier molecular flexibility index (Phi) is 5.60. The standard InChI is InChI=1S/C10H20N2O3/c1-8(2)6-15-12-10(13)5-9-7-14-4-3-11-9/h8-9,11H,3-7H2,1-2H3,(H,12,13). The second-order valence-electron chi connectivity index (χ2n) is 4.16. The van der Waals surface area contributed by atoms with Crippen molar-refractivity contribution in [2.45, 2.75) is 26.3 Å². The Morgan fingerprint density at radius 1 is 1.67 bits per heavy atom. The maximum Gasteiger partial charge on any atom is 0.245 e. The van der Waals surface area contributed by atoms with Gasteiger partial charge in [-0.25, -0.2) is 5.48 Å². The zero-order chi connectivity index (χ0) is 11.1. The third-order valence-corrected chi connectivity index (χ3v) is 2.03. The summed E-state index contributed by atoms with van der Waals surface area (Å²) in [6, 6.07) is 0.112. The van der Waals surface area contributed by atoms with Crippen LogP contribution in [0, 0.1) is 5.92 Å². The van der Waals surface area contributed by atoms with Crippen LogP contribution in [0.15, 0.2) is 0 Å². The second kappa shape index (κ2) is 6.76. The minimum atomic E-state index is -0.0985. The van der Waals surface area contributed by atoms with Gasteiger partial charge in [-0.1, -0.05) is 13.8 Å². The summed E-state index contributed by atoms with van der Waals surface area (Å²) in [7, 11) is 0. The van der Waals surface area contributed by atoms with Gasteiger partial charge in [0, 0.05) is 19.0 Å². The molecule has 0 aliphatic carbocycles. The molecule has 5 heteroatoms. The molecule has 0 radical (unpaired) electrons. The summed E-state index contributed by atoms with van der Waals surface area (Å²) in [5.41, 5.74) is 2.43. The summed E-state index contributed by atoms with van der Waals surface area (Å²) in [4.78, 5) is 16.4. The van der Waals surface area contributed by atoms with E-state index in [1.165, 1.54) is 0 Å². The van der Waals surface area contributed by atoms with Crippen LogP contribution in [0.3, 0.4) is 0 Å². The third-order valence-electron chi connectivity index (χ3n) is 2.03. The molecule has 0 aromatic heterocycles. The molecule has 1 saturated heterocycles. The number of amides is 1. The van der Waals surface area contributed by atoms with Crippen LogP contribution >= 0.6 is 0 Å². The molecule has 0 aromatic carbocycles. The van der Waals surface area contributed by atoms with Gasteiger partial charge in [0.25, 0.3) is 0 Å². The molecule has 5 nitrogen and oxygen atoms in total.